The molecule has 1 aromatic carbocycles. The first-order chi connectivity index (χ1) is 23.6. The first-order valence-corrected chi connectivity index (χ1v) is 17.6. The number of hydrogen-bond acceptors (Lipinski definition) is 10. The molecule has 14 heteroatoms. The van der Waals surface area contributed by atoms with Crippen molar-refractivity contribution in [3.63, 3.8) is 0 Å². The number of piperidine rings is 1. The van der Waals surface area contributed by atoms with E-state index in [0.29, 0.717) is 31.4 Å². The van der Waals surface area contributed by atoms with Crippen LogP contribution in [0.5, 0.6) is 11.6 Å². The maximum Gasteiger partial charge on any atom is 0.318 e. The first kappa shape index (κ1) is 35.2. The number of anilines is 1. The molecule has 1 aliphatic carbocycles. The number of methoxy groups -OCH3 is 2. The van der Waals surface area contributed by atoms with Crippen LogP contribution in [0, 0.1) is 17.2 Å². The van der Waals surface area contributed by atoms with Gasteiger partial charge >= 0.3 is 6.03 Å². The third-order valence-electron chi connectivity index (χ3n) is 11.1. The summed E-state index contributed by atoms with van der Waals surface area (Å²) in [5.74, 6) is 0.833. The monoisotopic (exact) mass is 682 g/mol. The van der Waals surface area contributed by atoms with Crippen molar-refractivity contribution in [1.82, 2.24) is 35.2 Å². The molecular formula is C35H51FN8O5. The lowest BCUT2D eigenvalue weighted by Gasteiger charge is -2.54. The van der Waals surface area contributed by atoms with E-state index in [2.05, 4.69) is 30.3 Å². The smallest absolute Gasteiger partial charge is 0.318 e. The molecule has 0 bridgehead atoms. The van der Waals surface area contributed by atoms with Crippen LogP contribution < -0.4 is 15.0 Å². The van der Waals surface area contributed by atoms with Crippen molar-refractivity contribution in [3.05, 3.63) is 35.9 Å². The summed E-state index contributed by atoms with van der Waals surface area (Å²) in [5.41, 5.74) is 0.215. The summed E-state index contributed by atoms with van der Waals surface area (Å²) in [5, 5.41) is 11.5. The Hall–Kier alpha value is -3.62. The Labute approximate surface area is 288 Å². The van der Waals surface area contributed by atoms with Crippen LogP contribution in [-0.4, -0.2) is 126 Å². The van der Waals surface area contributed by atoms with Crippen molar-refractivity contribution in [2.24, 2.45) is 11.3 Å². The number of aromatic nitrogens is 3. The van der Waals surface area contributed by atoms with Crippen LogP contribution >= 0.6 is 0 Å². The van der Waals surface area contributed by atoms with E-state index >= 15 is 0 Å². The van der Waals surface area contributed by atoms with E-state index in [4.69, 9.17) is 14.2 Å². The molecule has 1 saturated carbocycles. The van der Waals surface area contributed by atoms with E-state index < -0.39 is 12.1 Å². The summed E-state index contributed by atoms with van der Waals surface area (Å²) >= 11 is 0. The summed E-state index contributed by atoms with van der Waals surface area (Å²) in [6, 6.07) is 3.88. The van der Waals surface area contributed by atoms with E-state index in [1.165, 1.54) is 24.5 Å². The van der Waals surface area contributed by atoms with Gasteiger partial charge in [0.2, 0.25) is 0 Å². The van der Waals surface area contributed by atoms with Gasteiger partial charge in [0.15, 0.2) is 12.1 Å². The summed E-state index contributed by atoms with van der Waals surface area (Å²) in [6.07, 6.45) is 7.43. The van der Waals surface area contributed by atoms with Crippen LogP contribution in [0.25, 0.3) is 0 Å². The molecule has 0 atom stereocenters. The van der Waals surface area contributed by atoms with Gasteiger partial charge in [0.1, 0.15) is 17.9 Å². The maximum absolute atomic E-state index is 14.3. The highest BCUT2D eigenvalue weighted by molar-refractivity contribution is 5.97. The molecule has 13 nitrogen and oxygen atoms in total. The van der Waals surface area contributed by atoms with Crippen molar-refractivity contribution in [3.8, 4) is 11.6 Å². The lowest BCUT2D eigenvalue weighted by Crippen LogP contribution is -2.61. The number of halogens is 1. The minimum Gasteiger partial charge on any atom is -0.434 e. The van der Waals surface area contributed by atoms with Gasteiger partial charge in [-0.15, -0.1) is 10.2 Å². The summed E-state index contributed by atoms with van der Waals surface area (Å²) in [6.45, 7) is 12.3. The molecule has 1 aromatic heterocycles. The second kappa shape index (κ2) is 14.7. The Balaban J connectivity index is 1.00. The predicted molar refractivity (Wildman–Crippen MR) is 181 cm³/mol. The molecule has 0 unspecified atom stereocenters. The van der Waals surface area contributed by atoms with Gasteiger partial charge in [-0.1, -0.05) is 0 Å². The first-order valence-electron chi connectivity index (χ1n) is 17.6. The van der Waals surface area contributed by atoms with Crippen molar-refractivity contribution >= 4 is 17.8 Å². The van der Waals surface area contributed by atoms with E-state index in [1.807, 2.05) is 25.7 Å². The normalized spacial score (nSPS) is 23.8. The largest absolute Gasteiger partial charge is 0.434 e. The summed E-state index contributed by atoms with van der Waals surface area (Å²) < 4.78 is 31.1. The lowest BCUT2D eigenvalue weighted by molar-refractivity contribution is -0.110. The molecular weight excluding hydrogens is 631 g/mol. The highest BCUT2D eigenvalue weighted by atomic mass is 19.1. The fourth-order valence-electron chi connectivity index (χ4n) is 8.16. The fourth-order valence-corrected chi connectivity index (χ4v) is 8.16. The number of nitrogens with zero attached hydrogens (tertiary/aromatic N) is 7. The number of likely N-dealkylation sites (tertiary alicyclic amines) is 1. The molecule has 1 N–H and O–H groups in total. The van der Waals surface area contributed by atoms with Gasteiger partial charge in [0.25, 0.3) is 11.8 Å². The van der Waals surface area contributed by atoms with Crippen LogP contribution in [0.15, 0.2) is 24.5 Å². The van der Waals surface area contributed by atoms with Crippen LogP contribution in [0.3, 0.4) is 0 Å². The molecule has 4 fully saturated rings. The molecule has 49 heavy (non-hydrogen) atoms. The highest BCUT2D eigenvalue weighted by Gasteiger charge is 2.48. The molecule has 4 aliphatic rings. The Morgan fingerprint density at radius 2 is 1.82 bits per heavy atom. The zero-order chi connectivity index (χ0) is 34.8. The number of hydrogen-bond donors (Lipinski definition) is 1. The van der Waals surface area contributed by atoms with Crippen LogP contribution in [-0.2, 0) is 9.47 Å². The fraction of sp³-hybridized carbons (Fsp3) is 0.686. The number of benzene rings is 1. The van der Waals surface area contributed by atoms with Crippen molar-refractivity contribution < 1.29 is 28.2 Å². The third kappa shape index (κ3) is 7.60. The Kier molecular flexibility index (Phi) is 10.6. The van der Waals surface area contributed by atoms with Crippen molar-refractivity contribution in [2.45, 2.75) is 77.2 Å². The van der Waals surface area contributed by atoms with Gasteiger partial charge in [-0.3, -0.25) is 4.79 Å². The second-order valence-corrected chi connectivity index (χ2v) is 14.6. The Bertz CT molecular complexity index is 1470. The number of urea groups is 1. The van der Waals surface area contributed by atoms with Crippen LogP contribution in [0.2, 0.25) is 0 Å². The molecule has 3 aliphatic heterocycles. The summed E-state index contributed by atoms with van der Waals surface area (Å²) in [7, 11) is 3.19. The van der Waals surface area contributed by atoms with E-state index in [0.717, 1.165) is 71.2 Å². The zero-order valence-corrected chi connectivity index (χ0v) is 29.5. The van der Waals surface area contributed by atoms with Gasteiger partial charge in [-0.05, 0) is 96.5 Å². The lowest BCUT2D eigenvalue weighted by atomic mass is 9.71. The number of carbonyl (C=O) groups is 2. The highest BCUT2D eigenvalue weighted by Crippen LogP contribution is 2.45. The quantitative estimate of drug-likeness (QED) is 0.327. The van der Waals surface area contributed by atoms with Crippen molar-refractivity contribution in [2.75, 3.05) is 71.5 Å². The van der Waals surface area contributed by atoms with Crippen LogP contribution in [0.4, 0.5) is 15.0 Å². The number of rotatable bonds is 12. The third-order valence-corrected chi connectivity index (χ3v) is 11.1. The van der Waals surface area contributed by atoms with E-state index in [1.54, 1.807) is 19.1 Å². The average molecular weight is 683 g/mol. The summed E-state index contributed by atoms with van der Waals surface area (Å²) in [4.78, 5) is 38.8. The SMILES string of the molecule is CCN(C(=O)c1cc(F)ccc1Oc1nncnc1N1CC2(CCN(CC3CCC4(CC3)CN(CC(OC)OC)C(=O)N4)CC2)C1)C(C)C. The maximum atomic E-state index is 14.3. The van der Waals surface area contributed by atoms with Gasteiger partial charge in [-0.2, -0.15) is 0 Å². The molecule has 3 saturated heterocycles. The van der Waals surface area contributed by atoms with Crippen LogP contribution in [0.1, 0.15) is 69.7 Å². The Morgan fingerprint density at radius 1 is 1.10 bits per heavy atom. The standard InChI is InChI=1S/C35H51FN8O5/c1-6-44(24(2)3)32(45)27-17-26(36)7-8-28(27)49-31-30(37-23-38-40-31)43-20-34(21-43)13-15-41(16-14-34)18-25-9-11-35(12-10-25)22-42(33(46)39-35)19-29(47-4)48-5/h7-8,17,23-25,29H,6,9-16,18-22H2,1-5H3,(H,39,46). The van der Waals surface area contributed by atoms with Gasteiger partial charge < -0.3 is 39.1 Å². The topological polar surface area (TPSA) is 125 Å². The molecule has 268 valence electrons. The zero-order valence-electron chi connectivity index (χ0n) is 29.5. The van der Waals surface area contributed by atoms with Crippen molar-refractivity contribution in [1.29, 1.82) is 0 Å². The average Bonchev–Trinajstić information content (AvgIpc) is 3.38. The number of nitrogens with one attached hydrogen (secondary N) is 1. The molecule has 3 amide bonds. The van der Waals surface area contributed by atoms with Gasteiger partial charge in [-0.25, -0.2) is 14.2 Å². The van der Waals surface area contributed by atoms with Gasteiger partial charge in [0.05, 0.1) is 17.6 Å². The molecule has 6 rings (SSSR count). The minimum atomic E-state index is -0.509. The Morgan fingerprint density at radius 3 is 2.47 bits per heavy atom. The number of amides is 3. The molecule has 2 spiro atoms. The second-order valence-electron chi connectivity index (χ2n) is 14.6. The number of carbonyl (C=O) groups excluding carboxylic acids is 2. The molecule has 0 radical (unpaired) electrons. The predicted octanol–water partition coefficient (Wildman–Crippen LogP) is 4.15. The van der Waals surface area contributed by atoms with E-state index in [-0.39, 0.29) is 46.1 Å². The van der Waals surface area contributed by atoms with E-state index in [9.17, 15) is 14.0 Å². The molecule has 4 heterocycles. The number of ether oxygens (including phenoxy) is 3. The van der Waals surface area contributed by atoms with Gasteiger partial charge in [0, 0.05) is 58.4 Å². The minimum absolute atomic E-state index is 0.0230. The molecule has 2 aromatic rings.